The van der Waals surface area contributed by atoms with E-state index in [0.29, 0.717) is 30.1 Å². The molecule has 1 aliphatic heterocycles. The summed E-state index contributed by atoms with van der Waals surface area (Å²) in [6.45, 7) is 16.0. The van der Waals surface area contributed by atoms with Crippen molar-refractivity contribution in [3.63, 3.8) is 0 Å². The lowest BCUT2D eigenvalue weighted by Gasteiger charge is -2.62. The number of ketones is 1. The maximum Gasteiger partial charge on any atom is 0.164 e. The van der Waals surface area contributed by atoms with Crippen LogP contribution in [0.2, 0.25) is 0 Å². The van der Waals surface area contributed by atoms with Gasteiger partial charge in [-0.2, -0.15) is 0 Å². The van der Waals surface area contributed by atoms with Crippen LogP contribution in [-0.4, -0.2) is 34.5 Å². The Bertz CT molecular complexity index is 952. The molecule has 4 saturated carbocycles. The van der Waals surface area contributed by atoms with Gasteiger partial charge in [-0.1, -0.05) is 26.8 Å². The molecule has 5 aliphatic carbocycles. The second-order valence-electron chi connectivity index (χ2n) is 15.1. The standard InChI is InChI=1S/C31H48O4/c1-19(8-9-24-26(2,3)35-27(4,5)34-24)22-11-12-29(7)25-23(33)17-20-16-21(32)10-13-30(20)18-31(25,30)15-14-28(22,29)6/h10,13,19-20,22-25,33H,8-9,11-12,14-18H2,1-7H3/t19-,20?,22?,23+,24-,25?,28-,29+,30-,31+/m1/s1. The molecule has 196 valence electrons. The SMILES string of the molecule is C[C@H](CC[C@H]1OC(C)(C)OC1(C)C)C1CC[C@@]2(C)C3[C@@H](O)CC4CC(=O)C=C[C@@]45C[C@@]35CC[C@]12C. The molecule has 0 aromatic rings. The van der Waals surface area contributed by atoms with E-state index in [-0.39, 0.29) is 45.3 Å². The van der Waals surface area contributed by atoms with Crippen LogP contribution in [-0.2, 0) is 14.3 Å². The highest BCUT2D eigenvalue weighted by Gasteiger charge is 2.81. The summed E-state index contributed by atoms with van der Waals surface area (Å²) in [5.41, 5.74) is 0.602. The molecular weight excluding hydrogens is 436 g/mol. The van der Waals surface area contributed by atoms with Crippen LogP contribution < -0.4 is 0 Å². The molecule has 1 heterocycles. The molecule has 3 unspecified atom stereocenters. The molecule has 0 aromatic heterocycles. The van der Waals surface area contributed by atoms with Crippen LogP contribution in [0.15, 0.2) is 12.2 Å². The van der Waals surface area contributed by atoms with Crippen molar-refractivity contribution in [1.82, 2.24) is 0 Å². The lowest BCUT2D eigenvalue weighted by Crippen LogP contribution is -2.59. The van der Waals surface area contributed by atoms with Gasteiger partial charge in [0.15, 0.2) is 11.6 Å². The molecule has 0 radical (unpaired) electrons. The summed E-state index contributed by atoms with van der Waals surface area (Å²) in [5.74, 6) is 1.81. The third kappa shape index (κ3) is 3.12. The van der Waals surface area contributed by atoms with Crippen LogP contribution in [0, 0.1) is 45.3 Å². The topological polar surface area (TPSA) is 55.8 Å². The highest BCUT2D eigenvalue weighted by Crippen LogP contribution is 2.86. The maximum absolute atomic E-state index is 12.2. The number of ether oxygens (including phenoxy) is 2. The first-order chi connectivity index (χ1) is 16.2. The molecule has 2 spiro atoms. The lowest BCUT2D eigenvalue weighted by atomic mass is 9.43. The predicted molar refractivity (Wildman–Crippen MR) is 137 cm³/mol. The van der Waals surface area contributed by atoms with Crippen molar-refractivity contribution in [2.45, 2.75) is 130 Å². The van der Waals surface area contributed by atoms with Gasteiger partial charge in [0.2, 0.25) is 0 Å². The first-order valence-corrected chi connectivity index (χ1v) is 14.5. The Labute approximate surface area is 212 Å². The van der Waals surface area contributed by atoms with Crippen LogP contribution in [0.5, 0.6) is 0 Å². The van der Waals surface area contributed by atoms with Gasteiger partial charge in [-0.25, -0.2) is 0 Å². The Hall–Kier alpha value is -0.710. The summed E-state index contributed by atoms with van der Waals surface area (Å²) < 4.78 is 12.5. The summed E-state index contributed by atoms with van der Waals surface area (Å²) in [6.07, 6.45) is 13.9. The van der Waals surface area contributed by atoms with E-state index in [0.717, 1.165) is 12.8 Å². The van der Waals surface area contributed by atoms with Gasteiger partial charge < -0.3 is 14.6 Å². The van der Waals surface area contributed by atoms with Crippen molar-refractivity contribution in [3.8, 4) is 0 Å². The lowest BCUT2D eigenvalue weighted by molar-refractivity contribution is -0.167. The van der Waals surface area contributed by atoms with Crippen LogP contribution in [0.4, 0.5) is 0 Å². The molecule has 1 N–H and O–H groups in total. The van der Waals surface area contributed by atoms with Crippen molar-refractivity contribution < 1.29 is 19.4 Å². The molecule has 5 fully saturated rings. The number of hydrogen-bond acceptors (Lipinski definition) is 4. The summed E-state index contributed by atoms with van der Waals surface area (Å²) in [7, 11) is 0. The largest absolute Gasteiger partial charge is 0.393 e. The number of carbonyl (C=O) groups is 1. The molecule has 4 nitrogen and oxygen atoms in total. The smallest absolute Gasteiger partial charge is 0.164 e. The fourth-order valence-electron chi connectivity index (χ4n) is 11.2. The van der Waals surface area contributed by atoms with Gasteiger partial charge in [0.1, 0.15) is 0 Å². The Morgan fingerprint density at radius 1 is 1.09 bits per heavy atom. The minimum atomic E-state index is -0.500. The number of fused-ring (bicyclic) bond motifs is 2. The van der Waals surface area contributed by atoms with E-state index in [9.17, 15) is 9.90 Å². The summed E-state index contributed by atoms with van der Waals surface area (Å²) in [4.78, 5) is 12.2. The van der Waals surface area contributed by atoms with E-state index in [4.69, 9.17) is 9.47 Å². The Balaban J connectivity index is 1.22. The maximum atomic E-state index is 12.2. The molecule has 0 aromatic carbocycles. The minimum absolute atomic E-state index is 0.138. The van der Waals surface area contributed by atoms with E-state index in [1.54, 1.807) is 0 Å². The van der Waals surface area contributed by atoms with Gasteiger partial charge in [0, 0.05) is 6.42 Å². The van der Waals surface area contributed by atoms with Gasteiger partial charge in [0.05, 0.1) is 17.8 Å². The van der Waals surface area contributed by atoms with Gasteiger partial charge in [-0.3, -0.25) is 4.79 Å². The Morgan fingerprint density at radius 3 is 2.51 bits per heavy atom. The fourth-order valence-corrected chi connectivity index (χ4v) is 11.2. The normalized spacial score (nSPS) is 53.9. The van der Waals surface area contributed by atoms with Crippen LogP contribution in [0.1, 0.15) is 106 Å². The second-order valence-corrected chi connectivity index (χ2v) is 15.1. The second kappa shape index (κ2) is 7.23. The van der Waals surface area contributed by atoms with Gasteiger partial charge in [-0.05, 0) is 130 Å². The average molecular weight is 485 g/mol. The zero-order chi connectivity index (χ0) is 25.2. The molecular formula is C31H48O4. The fraction of sp³-hybridized carbons (Fsp3) is 0.903. The number of rotatable bonds is 4. The van der Waals surface area contributed by atoms with Crippen molar-refractivity contribution >= 4 is 5.78 Å². The van der Waals surface area contributed by atoms with Gasteiger partial charge in [-0.15, -0.1) is 0 Å². The van der Waals surface area contributed by atoms with Gasteiger partial charge >= 0.3 is 0 Å². The molecule has 6 aliphatic rings. The van der Waals surface area contributed by atoms with Crippen molar-refractivity contribution in [2.24, 2.45) is 45.3 Å². The molecule has 0 amide bonds. The van der Waals surface area contributed by atoms with Crippen molar-refractivity contribution in [1.29, 1.82) is 0 Å². The third-order valence-corrected chi connectivity index (χ3v) is 12.8. The number of hydrogen-bond donors (Lipinski definition) is 1. The first kappa shape index (κ1) is 24.6. The first-order valence-electron chi connectivity index (χ1n) is 14.5. The minimum Gasteiger partial charge on any atom is -0.393 e. The third-order valence-electron chi connectivity index (χ3n) is 12.8. The van der Waals surface area contributed by atoms with E-state index in [1.807, 2.05) is 19.9 Å². The van der Waals surface area contributed by atoms with Crippen LogP contribution >= 0.6 is 0 Å². The quantitative estimate of drug-likeness (QED) is 0.498. The number of carbonyl (C=O) groups excluding carboxylic acids is 1. The molecule has 4 heteroatoms. The van der Waals surface area contributed by atoms with Crippen molar-refractivity contribution in [2.75, 3.05) is 0 Å². The molecule has 0 bridgehead atoms. The highest BCUT2D eigenvalue weighted by molar-refractivity contribution is 5.91. The molecule has 35 heavy (non-hydrogen) atoms. The van der Waals surface area contributed by atoms with E-state index >= 15 is 0 Å². The summed E-state index contributed by atoms with van der Waals surface area (Å²) in [5, 5.41) is 11.7. The number of aliphatic hydroxyl groups is 1. The van der Waals surface area contributed by atoms with Gasteiger partial charge in [0.25, 0.3) is 0 Å². The predicted octanol–water partition coefficient (Wildman–Crippen LogP) is 6.45. The number of allylic oxidation sites excluding steroid dienone is 2. The summed E-state index contributed by atoms with van der Waals surface area (Å²) >= 11 is 0. The summed E-state index contributed by atoms with van der Waals surface area (Å²) in [6, 6.07) is 0. The Kier molecular flexibility index (Phi) is 5.08. The monoisotopic (exact) mass is 484 g/mol. The van der Waals surface area contributed by atoms with E-state index in [2.05, 4.69) is 40.7 Å². The zero-order valence-corrected chi connectivity index (χ0v) is 23.2. The van der Waals surface area contributed by atoms with Crippen LogP contribution in [0.25, 0.3) is 0 Å². The molecule has 6 rings (SSSR count). The Morgan fingerprint density at radius 2 is 1.83 bits per heavy atom. The van der Waals surface area contributed by atoms with Crippen LogP contribution in [0.3, 0.4) is 0 Å². The highest BCUT2D eigenvalue weighted by atomic mass is 16.8. The average Bonchev–Trinajstić information content (AvgIpc) is 3.22. The van der Waals surface area contributed by atoms with E-state index in [1.165, 1.54) is 38.5 Å². The van der Waals surface area contributed by atoms with E-state index < -0.39 is 5.79 Å². The molecule has 1 saturated heterocycles. The van der Waals surface area contributed by atoms with Crippen molar-refractivity contribution in [3.05, 3.63) is 12.2 Å². The zero-order valence-electron chi connectivity index (χ0n) is 23.2. The number of aliphatic hydroxyl groups excluding tert-OH is 1. The molecule has 10 atom stereocenters.